The number of hydrogen-bond donors (Lipinski definition) is 1. The highest BCUT2D eigenvalue weighted by Gasteiger charge is 2.47. The zero-order valence-corrected chi connectivity index (χ0v) is 12.6. The van der Waals surface area contributed by atoms with E-state index in [4.69, 9.17) is 10.5 Å². The van der Waals surface area contributed by atoms with Gasteiger partial charge in [-0.05, 0) is 30.5 Å². The number of piperidine rings is 1. The maximum atomic E-state index is 13.6. The van der Waals surface area contributed by atoms with Crippen molar-refractivity contribution in [3.05, 3.63) is 29.6 Å². The first kappa shape index (κ1) is 17.5. The van der Waals surface area contributed by atoms with Gasteiger partial charge >= 0.3 is 6.18 Å². The van der Waals surface area contributed by atoms with Gasteiger partial charge in [0, 0.05) is 12.6 Å². The molecule has 1 heterocycles. The molecule has 1 amide bonds. The molecule has 1 aliphatic heterocycles. The summed E-state index contributed by atoms with van der Waals surface area (Å²) in [7, 11) is 1.30. The first-order valence-electron chi connectivity index (χ1n) is 7.16. The van der Waals surface area contributed by atoms with E-state index in [2.05, 4.69) is 0 Å². The van der Waals surface area contributed by atoms with Crippen molar-refractivity contribution >= 4 is 5.91 Å². The fourth-order valence-corrected chi connectivity index (χ4v) is 2.71. The van der Waals surface area contributed by atoms with Crippen molar-refractivity contribution in [3.8, 4) is 5.75 Å². The van der Waals surface area contributed by atoms with E-state index in [0.29, 0.717) is 0 Å². The van der Waals surface area contributed by atoms with E-state index in [9.17, 15) is 22.4 Å². The van der Waals surface area contributed by atoms with Crippen LogP contribution in [-0.2, 0) is 11.2 Å². The SMILES string of the molecule is COc1ccc(CC(=O)N2CC(N)CCC2C(F)(F)F)cc1F. The number of halogens is 4. The van der Waals surface area contributed by atoms with Gasteiger partial charge in [-0.3, -0.25) is 4.79 Å². The topological polar surface area (TPSA) is 55.6 Å². The van der Waals surface area contributed by atoms with Crippen LogP contribution in [0.3, 0.4) is 0 Å². The average Bonchev–Trinajstić information content (AvgIpc) is 2.46. The zero-order valence-electron chi connectivity index (χ0n) is 12.6. The fraction of sp³-hybridized carbons (Fsp3) is 0.533. The first-order valence-corrected chi connectivity index (χ1v) is 7.16. The molecule has 2 rings (SSSR count). The average molecular weight is 334 g/mol. The summed E-state index contributed by atoms with van der Waals surface area (Å²) in [6, 6.07) is 1.56. The van der Waals surface area contributed by atoms with Crippen LogP contribution in [0.4, 0.5) is 17.6 Å². The van der Waals surface area contributed by atoms with E-state index in [1.54, 1.807) is 0 Å². The molecule has 4 nitrogen and oxygen atoms in total. The minimum absolute atomic E-state index is 0.00867. The molecule has 0 bridgehead atoms. The minimum atomic E-state index is -4.50. The molecule has 1 aromatic carbocycles. The fourth-order valence-electron chi connectivity index (χ4n) is 2.71. The zero-order chi connectivity index (χ0) is 17.2. The van der Waals surface area contributed by atoms with Crippen molar-refractivity contribution in [1.82, 2.24) is 4.90 Å². The summed E-state index contributed by atoms with van der Waals surface area (Å²) in [4.78, 5) is 13.0. The molecule has 1 aliphatic rings. The molecular weight excluding hydrogens is 316 g/mol. The smallest absolute Gasteiger partial charge is 0.408 e. The van der Waals surface area contributed by atoms with Gasteiger partial charge in [0.05, 0.1) is 13.5 Å². The summed E-state index contributed by atoms with van der Waals surface area (Å²) in [5, 5.41) is 0. The molecule has 0 saturated carbocycles. The van der Waals surface area contributed by atoms with Crippen molar-refractivity contribution < 1.29 is 27.1 Å². The van der Waals surface area contributed by atoms with E-state index < -0.39 is 30.0 Å². The number of nitrogens with two attached hydrogens (primary N) is 1. The Morgan fingerprint density at radius 2 is 2.09 bits per heavy atom. The minimum Gasteiger partial charge on any atom is -0.494 e. The standard InChI is InChI=1S/C15H18F4N2O2/c1-23-12-4-2-9(6-11(12)16)7-14(22)21-8-10(20)3-5-13(21)15(17,18)19/h2,4,6,10,13H,3,5,7-8,20H2,1H3. The van der Waals surface area contributed by atoms with Crippen molar-refractivity contribution in [3.63, 3.8) is 0 Å². The second kappa shape index (κ2) is 6.74. The number of carbonyl (C=O) groups is 1. The number of alkyl halides is 3. The van der Waals surface area contributed by atoms with Crippen LogP contribution in [0, 0.1) is 5.82 Å². The molecule has 1 fully saturated rings. The Morgan fingerprint density at radius 1 is 1.39 bits per heavy atom. The van der Waals surface area contributed by atoms with Gasteiger partial charge in [-0.2, -0.15) is 13.2 Å². The van der Waals surface area contributed by atoms with E-state index in [1.165, 1.54) is 19.2 Å². The van der Waals surface area contributed by atoms with Gasteiger partial charge in [-0.1, -0.05) is 6.07 Å². The van der Waals surface area contributed by atoms with Gasteiger partial charge in [0.15, 0.2) is 11.6 Å². The van der Waals surface area contributed by atoms with Crippen LogP contribution < -0.4 is 10.5 Å². The van der Waals surface area contributed by atoms with Gasteiger partial charge in [0.25, 0.3) is 0 Å². The van der Waals surface area contributed by atoms with Crippen LogP contribution >= 0.6 is 0 Å². The summed E-state index contributed by atoms with van der Waals surface area (Å²) in [5.74, 6) is -1.37. The third kappa shape index (κ3) is 4.13. The van der Waals surface area contributed by atoms with Gasteiger partial charge in [0.1, 0.15) is 6.04 Å². The number of nitrogens with zero attached hydrogens (tertiary/aromatic N) is 1. The Labute approximate surface area is 131 Å². The Bertz CT molecular complexity index is 577. The summed E-state index contributed by atoms with van der Waals surface area (Å²) in [6.45, 7) is -0.151. The first-order chi connectivity index (χ1) is 10.7. The number of rotatable bonds is 3. The highest BCUT2D eigenvalue weighted by molar-refractivity contribution is 5.79. The third-order valence-corrected chi connectivity index (χ3v) is 3.89. The maximum absolute atomic E-state index is 13.6. The number of likely N-dealkylation sites (tertiary alicyclic amines) is 1. The molecular formula is C15H18F4N2O2. The van der Waals surface area contributed by atoms with Gasteiger partial charge in [-0.25, -0.2) is 4.39 Å². The second-order valence-electron chi connectivity index (χ2n) is 5.59. The van der Waals surface area contributed by atoms with Crippen molar-refractivity contribution in [2.24, 2.45) is 5.73 Å². The highest BCUT2D eigenvalue weighted by atomic mass is 19.4. The molecule has 0 spiro atoms. The van der Waals surface area contributed by atoms with E-state index in [0.717, 1.165) is 11.0 Å². The molecule has 1 saturated heterocycles. The van der Waals surface area contributed by atoms with E-state index >= 15 is 0 Å². The molecule has 8 heteroatoms. The lowest BCUT2D eigenvalue weighted by atomic mass is 9.97. The number of benzene rings is 1. The molecule has 0 radical (unpaired) electrons. The molecule has 23 heavy (non-hydrogen) atoms. The molecule has 0 aliphatic carbocycles. The Hall–Kier alpha value is -1.83. The monoisotopic (exact) mass is 334 g/mol. The summed E-state index contributed by atoms with van der Waals surface area (Å²) in [6.07, 6.45) is -4.82. The summed E-state index contributed by atoms with van der Waals surface area (Å²) < 4.78 is 57.6. The molecule has 2 atom stereocenters. The second-order valence-corrected chi connectivity index (χ2v) is 5.59. The van der Waals surface area contributed by atoms with Crippen LogP contribution in [0.5, 0.6) is 5.75 Å². The number of ether oxygens (including phenoxy) is 1. The van der Waals surface area contributed by atoms with Crippen LogP contribution in [0.2, 0.25) is 0 Å². The van der Waals surface area contributed by atoms with Crippen molar-refractivity contribution in [2.75, 3.05) is 13.7 Å². The van der Waals surface area contributed by atoms with Crippen LogP contribution in [-0.4, -0.2) is 42.7 Å². The van der Waals surface area contributed by atoms with Crippen LogP contribution in [0.25, 0.3) is 0 Å². The van der Waals surface area contributed by atoms with Gasteiger partial charge < -0.3 is 15.4 Å². The number of hydrogen-bond acceptors (Lipinski definition) is 3. The van der Waals surface area contributed by atoms with Crippen molar-refractivity contribution in [1.29, 1.82) is 0 Å². The molecule has 2 N–H and O–H groups in total. The van der Waals surface area contributed by atoms with E-state index in [1.807, 2.05) is 0 Å². The Balaban J connectivity index is 2.15. The maximum Gasteiger partial charge on any atom is 0.408 e. The number of amides is 1. The quantitative estimate of drug-likeness (QED) is 0.863. The predicted molar refractivity (Wildman–Crippen MR) is 75.4 cm³/mol. The summed E-state index contributed by atoms with van der Waals surface area (Å²) >= 11 is 0. The Kier molecular flexibility index (Phi) is 5.13. The normalized spacial score (nSPS) is 22.1. The lowest BCUT2D eigenvalue weighted by Gasteiger charge is -2.39. The number of carbonyl (C=O) groups excluding carboxylic acids is 1. The van der Waals surface area contributed by atoms with E-state index in [-0.39, 0.29) is 37.1 Å². The highest BCUT2D eigenvalue weighted by Crippen LogP contribution is 2.32. The van der Waals surface area contributed by atoms with Gasteiger partial charge in [0.2, 0.25) is 5.91 Å². The third-order valence-electron chi connectivity index (χ3n) is 3.89. The largest absolute Gasteiger partial charge is 0.494 e. The molecule has 128 valence electrons. The summed E-state index contributed by atoms with van der Waals surface area (Å²) in [5.41, 5.74) is 5.97. The van der Waals surface area contributed by atoms with Crippen LogP contribution in [0.1, 0.15) is 18.4 Å². The van der Waals surface area contributed by atoms with Crippen molar-refractivity contribution in [2.45, 2.75) is 37.5 Å². The predicted octanol–water partition coefficient (Wildman–Crippen LogP) is 2.26. The molecule has 0 aromatic heterocycles. The lowest BCUT2D eigenvalue weighted by molar-refractivity contribution is -0.196. The molecule has 1 aromatic rings. The Morgan fingerprint density at radius 3 is 2.65 bits per heavy atom. The lowest BCUT2D eigenvalue weighted by Crippen LogP contribution is -2.57. The number of methoxy groups -OCH3 is 1. The van der Waals surface area contributed by atoms with Crippen LogP contribution in [0.15, 0.2) is 18.2 Å². The molecule has 2 unspecified atom stereocenters. The van der Waals surface area contributed by atoms with Gasteiger partial charge in [-0.15, -0.1) is 0 Å².